The van der Waals surface area contributed by atoms with Gasteiger partial charge >= 0.3 is 6.03 Å². The first-order valence-corrected chi connectivity index (χ1v) is 6.03. The molecular weight excluding hydrogens is 240 g/mol. The average Bonchev–Trinajstić information content (AvgIpc) is 2.36. The van der Waals surface area contributed by atoms with Crippen LogP contribution in [0.15, 0.2) is 36.5 Å². The lowest BCUT2D eigenvalue weighted by Crippen LogP contribution is -2.28. The number of urea groups is 1. The highest BCUT2D eigenvalue weighted by molar-refractivity contribution is 5.89. The van der Waals surface area contributed by atoms with Gasteiger partial charge in [0, 0.05) is 23.3 Å². The highest BCUT2D eigenvalue weighted by atomic mass is 16.2. The Morgan fingerprint density at radius 2 is 2.05 bits per heavy atom. The fraction of sp³-hybridized carbons (Fsp3) is 0.214. The molecule has 5 heteroatoms. The minimum absolute atomic E-state index is 0.256. The summed E-state index contributed by atoms with van der Waals surface area (Å²) in [6, 6.07) is 9.02. The normalized spacial score (nSPS) is 10.0. The maximum Gasteiger partial charge on any atom is 0.319 e. The quantitative estimate of drug-likeness (QED) is 0.886. The molecule has 0 saturated heterocycles. The molecule has 2 N–H and O–H groups in total. The van der Waals surface area contributed by atoms with Crippen LogP contribution in [0.3, 0.4) is 0 Å². The molecule has 0 aliphatic rings. The molecule has 0 aliphatic carbocycles. The van der Waals surface area contributed by atoms with Gasteiger partial charge < -0.3 is 10.6 Å². The number of carbonyl (C=O) groups is 1. The minimum atomic E-state index is -0.256. The lowest BCUT2D eigenvalue weighted by Gasteiger charge is -2.08. The summed E-state index contributed by atoms with van der Waals surface area (Å²) in [4.78, 5) is 20.1. The molecule has 0 aliphatic heterocycles. The molecule has 0 aromatic carbocycles. The second-order valence-electron chi connectivity index (χ2n) is 4.26. The number of hydrogen-bond acceptors (Lipinski definition) is 3. The van der Waals surface area contributed by atoms with Gasteiger partial charge in [0.25, 0.3) is 0 Å². The average molecular weight is 256 g/mol. The third-order valence-electron chi connectivity index (χ3n) is 2.53. The van der Waals surface area contributed by atoms with Gasteiger partial charge in [-0.25, -0.2) is 4.79 Å². The van der Waals surface area contributed by atoms with Crippen molar-refractivity contribution in [3.05, 3.63) is 53.6 Å². The van der Waals surface area contributed by atoms with Crippen LogP contribution in [0, 0.1) is 13.8 Å². The van der Waals surface area contributed by atoms with Crippen molar-refractivity contribution in [1.82, 2.24) is 15.3 Å². The van der Waals surface area contributed by atoms with E-state index in [1.54, 1.807) is 12.3 Å². The molecule has 0 radical (unpaired) electrons. The molecule has 2 heterocycles. The van der Waals surface area contributed by atoms with Crippen LogP contribution < -0.4 is 10.6 Å². The monoisotopic (exact) mass is 256 g/mol. The van der Waals surface area contributed by atoms with Crippen LogP contribution in [0.1, 0.15) is 17.1 Å². The number of aromatic nitrogens is 2. The standard InChI is InChI=1S/C14H16N4O/c1-10-4-3-5-13(17-10)9-16-14(19)18-12-6-7-15-11(2)8-12/h3-8H,9H2,1-2H3,(H2,15,16,18,19). The summed E-state index contributed by atoms with van der Waals surface area (Å²) in [5.74, 6) is 0. The minimum Gasteiger partial charge on any atom is -0.332 e. The second kappa shape index (κ2) is 5.95. The maximum atomic E-state index is 11.7. The summed E-state index contributed by atoms with van der Waals surface area (Å²) >= 11 is 0. The summed E-state index contributed by atoms with van der Waals surface area (Å²) in [5, 5.41) is 5.51. The largest absolute Gasteiger partial charge is 0.332 e. The summed E-state index contributed by atoms with van der Waals surface area (Å²) in [6.07, 6.45) is 1.66. The molecule has 0 unspecified atom stereocenters. The van der Waals surface area contributed by atoms with Crippen molar-refractivity contribution < 1.29 is 4.79 Å². The van der Waals surface area contributed by atoms with Gasteiger partial charge in [-0.3, -0.25) is 9.97 Å². The van der Waals surface area contributed by atoms with Gasteiger partial charge in [0.15, 0.2) is 0 Å². The Labute approximate surface area is 112 Å². The highest BCUT2D eigenvalue weighted by Gasteiger charge is 2.02. The predicted octanol–water partition coefficient (Wildman–Crippen LogP) is 2.42. The number of nitrogens with zero attached hydrogens (tertiary/aromatic N) is 2. The van der Waals surface area contributed by atoms with Crippen molar-refractivity contribution in [2.75, 3.05) is 5.32 Å². The van der Waals surface area contributed by atoms with Crippen molar-refractivity contribution in [1.29, 1.82) is 0 Å². The molecule has 0 atom stereocenters. The topological polar surface area (TPSA) is 66.9 Å². The van der Waals surface area contributed by atoms with Crippen LogP contribution in [-0.4, -0.2) is 16.0 Å². The third-order valence-corrected chi connectivity index (χ3v) is 2.53. The van der Waals surface area contributed by atoms with Gasteiger partial charge in [-0.1, -0.05) is 6.07 Å². The lowest BCUT2D eigenvalue weighted by atomic mass is 10.3. The van der Waals surface area contributed by atoms with Crippen LogP contribution in [0.2, 0.25) is 0 Å². The molecule has 2 aromatic heterocycles. The van der Waals surface area contributed by atoms with E-state index in [0.717, 1.165) is 22.8 Å². The smallest absolute Gasteiger partial charge is 0.319 e. The Kier molecular flexibility index (Phi) is 4.07. The molecule has 0 saturated carbocycles. The molecule has 98 valence electrons. The van der Waals surface area contributed by atoms with E-state index in [9.17, 15) is 4.79 Å². The molecule has 0 spiro atoms. The summed E-state index contributed by atoms with van der Waals surface area (Å²) in [7, 11) is 0. The van der Waals surface area contributed by atoms with E-state index in [2.05, 4.69) is 20.6 Å². The number of pyridine rings is 2. The molecule has 5 nitrogen and oxygen atoms in total. The molecule has 2 rings (SSSR count). The Balaban J connectivity index is 1.88. The Morgan fingerprint density at radius 1 is 1.21 bits per heavy atom. The van der Waals surface area contributed by atoms with Gasteiger partial charge in [0.05, 0.1) is 12.2 Å². The van der Waals surface area contributed by atoms with E-state index in [1.807, 2.05) is 38.1 Å². The van der Waals surface area contributed by atoms with Crippen LogP contribution >= 0.6 is 0 Å². The van der Waals surface area contributed by atoms with E-state index in [0.29, 0.717) is 6.54 Å². The van der Waals surface area contributed by atoms with E-state index >= 15 is 0 Å². The van der Waals surface area contributed by atoms with Crippen LogP contribution in [0.25, 0.3) is 0 Å². The Morgan fingerprint density at radius 3 is 2.79 bits per heavy atom. The van der Waals surface area contributed by atoms with Gasteiger partial charge in [0.2, 0.25) is 0 Å². The van der Waals surface area contributed by atoms with Crippen molar-refractivity contribution in [3.8, 4) is 0 Å². The molecule has 2 aromatic rings. The summed E-state index contributed by atoms with van der Waals surface area (Å²) in [5.41, 5.74) is 3.35. The number of hydrogen-bond donors (Lipinski definition) is 2. The van der Waals surface area contributed by atoms with Gasteiger partial charge in [-0.2, -0.15) is 0 Å². The number of aryl methyl sites for hydroxylation is 2. The lowest BCUT2D eigenvalue weighted by molar-refractivity contribution is 0.251. The van der Waals surface area contributed by atoms with Crippen molar-refractivity contribution in [2.24, 2.45) is 0 Å². The van der Waals surface area contributed by atoms with E-state index < -0.39 is 0 Å². The molecule has 0 bridgehead atoms. The summed E-state index contributed by atoms with van der Waals surface area (Å²) in [6.45, 7) is 4.20. The Bertz CT molecular complexity index is 583. The zero-order valence-corrected chi connectivity index (χ0v) is 11.0. The van der Waals surface area contributed by atoms with Crippen LogP contribution in [-0.2, 0) is 6.54 Å². The number of nitrogens with one attached hydrogen (secondary N) is 2. The van der Waals surface area contributed by atoms with E-state index in [1.165, 1.54) is 0 Å². The Hall–Kier alpha value is -2.43. The van der Waals surface area contributed by atoms with Crippen LogP contribution in [0.5, 0.6) is 0 Å². The van der Waals surface area contributed by atoms with Gasteiger partial charge in [0.1, 0.15) is 0 Å². The zero-order chi connectivity index (χ0) is 13.7. The number of anilines is 1. The van der Waals surface area contributed by atoms with Crippen molar-refractivity contribution in [3.63, 3.8) is 0 Å². The first-order valence-electron chi connectivity index (χ1n) is 6.03. The number of amides is 2. The van der Waals surface area contributed by atoms with Crippen LogP contribution in [0.4, 0.5) is 10.5 Å². The molecule has 19 heavy (non-hydrogen) atoms. The van der Waals surface area contributed by atoms with E-state index in [-0.39, 0.29) is 6.03 Å². The zero-order valence-electron chi connectivity index (χ0n) is 11.0. The number of carbonyl (C=O) groups excluding carboxylic acids is 1. The van der Waals surface area contributed by atoms with Crippen molar-refractivity contribution in [2.45, 2.75) is 20.4 Å². The van der Waals surface area contributed by atoms with Gasteiger partial charge in [-0.15, -0.1) is 0 Å². The van der Waals surface area contributed by atoms with Gasteiger partial charge in [-0.05, 0) is 38.1 Å². The fourth-order valence-corrected chi connectivity index (χ4v) is 1.67. The molecular formula is C14H16N4O. The highest BCUT2D eigenvalue weighted by Crippen LogP contribution is 2.06. The maximum absolute atomic E-state index is 11.7. The fourth-order valence-electron chi connectivity index (χ4n) is 1.67. The second-order valence-corrected chi connectivity index (χ2v) is 4.26. The SMILES string of the molecule is Cc1cc(NC(=O)NCc2cccc(C)n2)ccn1. The third kappa shape index (κ3) is 4.06. The molecule has 0 fully saturated rings. The first kappa shape index (κ1) is 13.0. The predicted molar refractivity (Wildman–Crippen MR) is 73.8 cm³/mol. The summed E-state index contributed by atoms with van der Waals surface area (Å²) < 4.78 is 0. The van der Waals surface area contributed by atoms with E-state index in [4.69, 9.17) is 0 Å². The first-order chi connectivity index (χ1) is 9.13. The molecule has 2 amide bonds. The number of rotatable bonds is 3. The van der Waals surface area contributed by atoms with Crippen molar-refractivity contribution >= 4 is 11.7 Å².